The highest BCUT2D eigenvalue weighted by molar-refractivity contribution is 5.92. The van der Waals surface area contributed by atoms with Crippen LogP contribution in [0.1, 0.15) is 29.8 Å². The van der Waals surface area contributed by atoms with Crippen LogP contribution in [0.15, 0.2) is 22.8 Å². The van der Waals surface area contributed by atoms with Gasteiger partial charge in [0.1, 0.15) is 0 Å². The summed E-state index contributed by atoms with van der Waals surface area (Å²) in [6, 6.07) is 3.34. The first-order valence-electron chi connectivity index (χ1n) is 7.32. The van der Waals surface area contributed by atoms with Gasteiger partial charge in [0.2, 0.25) is 5.91 Å². The number of amides is 2. The molecule has 0 spiro atoms. The molecule has 116 valence electrons. The molecule has 2 amide bonds. The minimum atomic E-state index is -0.142. The van der Waals surface area contributed by atoms with E-state index in [0.29, 0.717) is 32.0 Å². The van der Waals surface area contributed by atoms with Crippen molar-refractivity contribution in [2.75, 3.05) is 33.4 Å². The lowest BCUT2D eigenvalue weighted by molar-refractivity contribution is -0.126. The summed E-state index contributed by atoms with van der Waals surface area (Å²) in [6.07, 6.45) is 3.93. The van der Waals surface area contributed by atoms with Gasteiger partial charge in [-0.15, -0.1) is 0 Å². The van der Waals surface area contributed by atoms with Crippen molar-refractivity contribution >= 4 is 11.8 Å². The molecule has 0 aliphatic carbocycles. The number of rotatable bonds is 6. The molecule has 0 bridgehead atoms. The Balaban J connectivity index is 1.83. The largest absolute Gasteiger partial charge is 0.459 e. The third-order valence-electron chi connectivity index (χ3n) is 3.64. The highest BCUT2D eigenvalue weighted by atomic mass is 16.5. The summed E-state index contributed by atoms with van der Waals surface area (Å²) in [4.78, 5) is 26.0. The van der Waals surface area contributed by atoms with Gasteiger partial charge in [-0.05, 0) is 31.4 Å². The predicted molar refractivity (Wildman–Crippen MR) is 76.8 cm³/mol. The zero-order chi connectivity index (χ0) is 15.1. The van der Waals surface area contributed by atoms with Crippen molar-refractivity contribution in [2.24, 2.45) is 5.92 Å². The molecule has 1 aliphatic heterocycles. The Morgan fingerprint density at radius 1 is 1.52 bits per heavy atom. The predicted octanol–water partition coefficient (Wildman–Crippen LogP) is 1.28. The van der Waals surface area contributed by atoms with Crippen LogP contribution in [0.25, 0.3) is 0 Å². The normalized spacial score (nSPS) is 18.5. The summed E-state index contributed by atoms with van der Waals surface area (Å²) in [5.74, 6) is 0.0660. The minimum Gasteiger partial charge on any atom is -0.459 e. The van der Waals surface area contributed by atoms with Crippen LogP contribution in [0.3, 0.4) is 0 Å². The van der Waals surface area contributed by atoms with Gasteiger partial charge < -0.3 is 19.4 Å². The Bertz CT molecular complexity index is 458. The van der Waals surface area contributed by atoms with Crippen LogP contribution in [-0.2, 0) is 9.53 Å². The lowest BCUT2D eigenvalue weighted by Gasteiger charge is -2.31. The number of carbonyl (C=O) groups is 2. The quantitative estimate of drug-likeness (QED) is 0.802. The van der Waals surface area contributed by atoms with Crippen molar-refractivity contribution in [1.29, 1.82) is 0 Å². The van der Waals surface area contributed by atoms with Crippen molar-refractivity contribution < 1.29 is 18.7 Å². The van der Waals surface area contributed by atoms with Crippen LogP contribution < -0.4 is 5.32 Å². The maximum Gasteiger partial charge on any atom is 0.289 e. The van der Waals surface area contributed by atoms with E-state index in [-0.39, 0.29) is 17.7 Å². The third-order valence-corrected chi connectivity index (χ3v) is 3.64. The zero-order valence-corrected chi connectivity index (χ0v) is 12.3. The van der Waals surface area contributed by atoms with Gasteiger partial charge in [-0.2, -0.15) is 0 Å². The van der Waals surface area contributed by atoms with Crippen LogP contribution >= 0.6 is 0 Å². The van der Waals surface area contributed by atoms with Crippen LogP contribution in [-0.4, -0.2) is 50.1 Å². The van der Waals surface area contributed by atoms with Crippen LogP contribution in [0.2, 0.25) is 0 Å². The second kappa shape index (κ2) is 7.83. The number of nitrogens with zero attached hydrogens (tertiary/aromatic N) is 1. The molecule has 1 aromatic rings. The standard InChI is InChI=1S/C15H22N2O4/c1-20-9-4-7-16-14(18)12-5-2-8-17(11-12)15(19)13-6-3-10-21-13/h3,6,10,12H,2,4-5,7-9,11H2,1H3,(H,16,18)/t12-/m0/s1. The first kappa shape index (κ1) is 15.6. The smallest absolute Gasteiger partial charge is 0.289 e. The molecule has 1 N–H and O–H groups in total. The monoisotopic (exact) mass is 294 g/mol. The van der Waals surface area contributed by atoms with Gasteiger partial charge in [0, 0.05) is 33.4 Å². The molecular formula is C15H22N2O4. The number of furan rings is 1. The molecule has 6 heteroatoms. The number of piperidine rings is 1. The fraction of sp³-hybridized carbons (Fsp3) is 0.600. The summed E-state index contributed by atoms with van der Waals surface area (Å²) in [5.41, 5.74) is 0. The van der Waals surface area contributed by atoms with Crippen molar-refractivity contribution in [3.05, 3.63) is 24.2 Å². The van der Waals surface area contributed by atoms with Gasteiger partial charge in [-0.1, -0.05) is 0 Å². The second-order valence-corrected chi connectivity index (χ2v) is 5.21. The summed E-state index contributed by atoms with van der Waals surface area (Å²) >= 11 is 0. The fourth-order valence-electron chi connectivity index (χ4n) is 2.50. The summed E-state index contributed by atoms with van der Waals surface area (Å²) in [5, 5.41) is 2.90. The Labute approximate surface area is 124 Å². The van der Waals surface area contributed by atoms with E-state index in [2.05, 4.69) is 5.32 Å². The number of hydrogen-bond acceptors (Lipinski definition) is 4. The van der Waals surface area contributed by atoms with Gasteiger partial charge in [-0.3, -0.25) is 9.59 Å². The lowest BCUT2D eigenvalue weighted by Crippen LogP contribution is -2.45. The Morgan fingerprint density at radius 3 is 3.10 bits per heavy atom. The van der Waals surface area contributed by atoms with E-state index in [9.17, 15) is 9.59 Å². The third kappa shape index (κ3) is 4.32. The van der Waals surface area contributed by atoms with E-state index in [1.165, 1.54) is 6.26 Å². The Kier molecular flexibility index (Phi) is 5.80. The van der Waals surface area contributed by atoms with E-state index in [0.717, 1.165) is 19.3 Å². The molecule has 2 rings (SSSR count). The molecule has 1 atom stereocenters. The van der Waals surface area contributed by atoms with E-state index in [1.54, 1.807) is 24.1 Å². The lowest BCUT2D eigenvalue weighted by atomic mass is 9.97. The molecular weight excluding hydrogens is 272 g/mol. The Morgan fingerprint density at radius 2 is 2.38 bits per heavy atom. The van der Waals surface area contributed by atoms with Crippen LogP contribution in [0.4, 0.5) is 0 Å². The van der Waals surface area contributed by atoms with Gasteiger partial charge >= 0.3 is 0 Å². The van der Waals surface area contributed by atoms with E-state index in [4.69, 9.17) is 9.15 Å². The van der Waals surface area contributed by atoms with Crippen molar-refractivity contribution in [3.8, 4) is 0 Å². The molecule has 0 saturated carbocycles. The number of carbonyl (C=O) groups excluding carboxylic acids is 2. The first-order chi connectivity index (χ1) is 10.2. The van der Waals surface area contributed by atoms with Crippen LogP contribution in [0, 0.1) is 5.92 Å². The second-order valence-electron chi connectivity index (χ2n) is 5.21. The summed E-state index contributed by atoms with van der Waals surface area (Å²) < 4.78 is 10.1. The highest BCUT2D eigenvalue weighted by Crippen LogP contribution is 2.19. The van der Waals surface area contributed by atoms with Gasteiger partial charge in [0.15, 0.2) is 5.76 Å². The maximum atomic E-state index is 12.2. The molecule has 0 radical (unpaired) electrons. The fourth-order valence-corrected chi connectivity index (χ4v) is 2.50. The van der Waals surface area contributed by atoms with Crippen LogP contribution in [0.5, 0.6) is 0 Å². The van der Waals surface area contributed by atoms with Gasteiger partial charge in [0.25, 0.3) is 5.91 Å². The number of ether oxygens (including phenoxy) is 1. The molecule has 2 heterocycles. The van der Waals surface area contributed by atoms with Crippen molar-refractivity contribution in [3.63, 3.8) is 0 Å². The highest BCUT2D eigenvalue weighted by Gasteiger charge is 2.29. The number of methoxy groups -OCH3 is 1. The molecule has 21 heavy (non-hydrogen) atoms. The molecule has 1 saturated heterocycles. The van der Waals surface area contributed by atoms with E-state index >= 15 is 0 Å². The molecule has 6 nitrogen and oxygen atoms in total. The van der Waals surface area contributed by atoms with Crippen molar-refractivity contribution in [1.82, 2.24) is 10.2 Å². The molecule has 0 aromatic carbocycles. The zero-order valence-electron chi connectivity index (χ0n) is 12.3. The number of nitrogens with one attached hydrogen (secondary N) is 1. The molecule has 1 aromatic heterocycles. The summed E-state index contributed by atoms with van der Waals surface area (Å²) in [6.45, 7) is 2.37. The molecule has 1 aliphatic rings. The SMILES string of the molecule is COCCCNC(=O)[C@H]1CCCN(C(=O)c2ccco2)C1. The minimum absolute atomic E-state index is 0.0167. The van der Waals surface area contributed by atoms with Crippen molar-refractivity contribution in [2.45, 2.75) is 19.3 Å². The van der Waals surface area contributed by atoms with E-state index < -0.39 is 0 Å². The summed E-state index contributed by atoms with van der Waals surface area (Å²) in [7, 11) is 1.64. The molecule has 0 unspecified atom stereocenters. The maximum absolute atomic E-state index is 12.2. The topological polar surface area (TPSA) is 71.8 Å². The average Bonchev–Trinajstić information content (AvgIpc) is 3.05. The first-order valence-corrected chi connectivity index (χ1v) is 7.32. The average molecular weight is 294 g/mol. The van der Waals surface area contributed by atoms with E-state index in [1.807, 2.05) is 0 Å². The molecule has 1 fully saturated rings. The van der Waals surface area contributed by atoms with Gasteiger partial charge in [0.05, 0.1) is 12.2 Å². The van der Waals surface area contributed by atoms with Gasteiger partial charge in [-0.25, -0.2) is 0 Å². The Hall–Kier alpha value is -1.82. The number of likely N-dealkylation sites (tertiary alicyclic amines) is 1. The number of hydrogen-bond donors (Lipinski definition) is 1.